The quantitative estimate of drug-likeness (QED) is 0.516. The van der Waals surface area contributed by atoms with E-state index in [1.54, 1.807) is 35.7 Å². The van der Waals surface area contributed by atoms with Gasteiger partial charge < -0.3 is 5.32 Å². The van der Waals surface area contributed by atoms with Crippen LogP contribution in [0, 0.1) is 10.1 Å². The molecule has 1 aromatic heterocycles. The van der Waals surface area contributed by atoms with Gasteiger partial charge in [0.2, 0.25) is 10.0 Å². The largest absolute Gasteiger partial charge is 0.324 e. The molecule has 0 aliphatic heterocycles. The Labute approximate surface area is 157 Å². The maximum atomic E-state index is 12.5. The van der Waals surface area contributed by atoms with Crippen molar-refractivity contribution in [3.05, 3.63) is 57.0 Å². The van der Waals surface area contributed by atoms with E-state index >= 15 is 0 Å². The van der Waals surface area contributed by atoms with Gasteiger partial charge >= 0.3 is 5.00 Å². The lowest BCUT2D eigenvalue weighted by Crippen LogP contribution is -2.30. The normalized spacial score (nSPS) is 13.1. The van der Waals surface area contributed by atoms with Gasteiger partial charge in [0.05, 0.1) is 9.82 Å². The molecule has 142 valence electrons. The van der Waals surface area contributed by atoms with E-state index in [1.807, 2.05) is 20.8 Å². The summed E-state index contributed by atoms with van der Waals surface area (Å²) >= 11 is 1.11. The second-order valence-corrected chi connectivity index (χ2v) is 8.64. The molecule has 1 atom stereocenters. The molecule has 0 aliphatic rings. The Bertz CT molecular complexity index is 843. The van der Waals surface area contributed by atoms with Crippen LogP contribution >= 0.6 is 11.3 Å². The van der Waals surface area contributed by atoms with Crippen LogP contribution in [0.3, 0.4) is 0 Å². The number of sulfonamides is 1. The van der Waals surface area contributed by atoms with E-state index in [-0.39, 0.29) is 15.9 Å². The Morgan fingerprint density at radius 2 is 1.85 bits per heavy atom. The molecule has 2 rings (SSSR count). The SMILES string of the molecule is CCN(CC)S(=O)(=O)c1ccc(C(C)NCc2csc([N+](=O)[O-])c2)cc1. The molecule has 0 fully saturated rings. The molecule has 0 aliphatic carbocycles. The molecule has 9 heteroatoms. The summed E-state index contributed by atoms with van der Waals surface area (Å²) in [7, 11) is -3.45. The van der Waals surface area contributed by atoms with Gasteiger partial charge in [0.15, 0.2) is 0 Å². The van der Waals surface area contributed by atoms with Gasteiger partial charge in [0.1, 0.15) is 0 Å². The number of nitrogens with one attached hydrogen (secondary N) is 1. The van der Waals surface area contributed by atoms with Crippen molar-refractivity contribution in [2.75, 3.05) is 13.1 Å². The lowest BCUT2D eigenvalue weighted by atomic mass is 10.1. The lowest BCUT2D eigenvalue weighted by molar-refractivity contribution is -0.380. The molecule has 1 aromatic carbocycles. The van der Waals surface area contributed by atoms with Crippen molar-refractivity contribution in [1.82, 2.24) is 9.62 Å². The molecule has 7 nitrogen and oxygen atoms in total. The van der Waals surface area contributed by atoms with Gasteiger partial charge in [-0.3, -0.25) is 10.1 Å². The average molecular weight is 398 g/mol. The molecule has 26 heavy (non-hydrogen) atoms. The summed E-state index contributed by atoms with van der Waals surface area (Å²) in [5, 5.41) is 15.9. The summed E-state index contributed by atoms with van der Waals surface area (Å²) < 4.78 is 26.4. The topological polar surface area (TPSA) is 92.6 Å². The number of hydrogen-bond acceptors (Lipinski definition) is 6. The van der Waals surface area contributed by atoms with Crippen molar-refractivity contribution in [2.45, 2.75) is 38.3 Å². The monoisotopic (exact) mass is 397 g/mol. The Morgan fingerprint density at radius 1 is 1.23 bits per heavy atom. The van der Waals surface area contributed by atoms with E-state index in [1.165, 1.54) is 4.31 Å². The standard InChI is InChI=1S/C17H23N3O4S2/c1-4-19(5-2)26(23,24)16-8-6-15(7-9-16)13(3)18-11-14-10-17(20(21)22)25-12-14/h6-10,12-13,18H,4-5,11H2,1-3H3. The van der Waals surface area contributed by atoms with Gasteiger partial charge in [0, 0.05) is 37.1 Å². The molecule has 1 unspecified atom stereocenters. The molecule has 0 spiro atoms. The minimum Gasteiger partial charge on any atom is -0.306 e. The predicted molar refractivity (Wildman–Crippen MR) is 103 cm³/mol. The summed E-state index contributed by atoms with van der Waals surface area (Å²) in [5.74, 6) is 0. The van der Waals surface area contributed by atoms with Crippen LogP contribution in [0.1, 0.15) is 37.9 Å². The fraction of sp³-hybridized carbons (Fsp3) is 0.412. The van der Waals surface area contributed by atoms with Crippen molar-refractivity contribution in [3.8, 4) is 0 Å². The number of benzene rings is 1. The third-order valence-electron chi connectivity index (χ3n) is 4.16. The van der Waals surface area contributed by atoms with E-state index in [0.29, 0.717) is 19.6 Å². The highest BCUT2D eigenvalue weighted by molar-refractivity contribution is 7.89. The fourth-order valence-electron chi connectivity index (χ4n) is 2.58. The van der Waals surface area contributed by atoms with E-state index in [0.717, 1.165) is 22.5 Å². The summed E-state index contributed by atoms with van der Waals surface area (Å²) in [4.78, 5) is 10.6. The van der Waals surface area contributed by atoms with Gasteiger partial charge in [-0.05, 0) is 30.2 Å². The van der Waals surface area contributed by atoms with Crippen LogP contribution in [0.15, 0.2) is 40.6 Å². The van der Waals surface area contributed by atoms with Crippen LogP contribution < -0.4 is 5.32 Å². The second kappa shape index (κ2) is 8.72. The third kappa shape index (κ3) is 4.67. The Kier molecular flexibility index (Phi) is 6.87. The zero-order chi connectivity index (χ0) is 19.3. The smallest absolute Gasteiger partial charge is 0.306 e. The van der Waals surface area contributed by atoms with Gasteiger partial charge in [-0.1, -0.05) is 37.3 Å². The van der Waals surface area contributed by atoms with E-state index in [2.05, 4.69) is 5.32 Å². The van der Waals surface area contributed by atoms with Crippen LogP contribution in [0.4, 0.5) is 5.00 Å². The van der Waals surface area contributed by atoms with E-state index < -0.39 is 14.9 Å². The highest BCUT2D eigenvalue weighted by Crippen LogP contribution is 2.24. The van der Waals surface area contributed by atoms with E-state index in [9.17, 15) is 18.5 Å². The maximum absolute atomic E-state index is 12.5. The van der Waals surface area contributed by atoms with E-state index in [4.69, 9.17) is 0 Å². The minimum atomic E-state index is -3.45. The number of nitrogens with zero attached hydrogens (tertiary/aromatic N) is 2. The molecule has 0 radical (unpaired) electrons. The Hall–Kier alpha value is -1.81. The Balaban J connectivity index is 2.04. The Morgan fingerprint density at radius 3 is 2.35 bits per heavy atom. The van der Waals surface area contributed by atoms with Crippen molar-refractivity contribution in [1.29, 1.82) is 0 Å². The van der Waals surface area contributed by atoms with Crippen molar-refractivity contribution >= 4 is 26.4 Å². The van der Waals surface area contributed by atoms with Gasteiger partial charge in [-0.25, -0.2) is 8.42 Å². The molecule has 1 heterocycles. The first-order valence-electron chi connectivity index (χ1n) is 8.34. The molecule has 2 aromatic rings. The molecular weight excluding hydrogens is 374 g/mol. The second-order valence-electron chi connectivity index (χ2n) is 5.81. The number of hydrogen-bond donors (Lipinski definition) is 1. The maximum Gasteiger partial charge on any atom is 0.324 e. The number of thiophene rings is 1. The first-order chi connectivity index (χ1) is 12.3. The first-order valence-corrected chi connectivity index (χ1v) is 10.7. The minimum absolute atomic E-state index is 0.0147. The number of rotatable bonds is 9. The predicted octanol–water partition coefficient (Wildman–Crippen LogP) is 3.54. The zero-order valence-corrected chi connectivity index (χ0v) is 16.6. The average Bonchev–Trinajstić information content (AvgIpc) is 3.10. The van der Waals surface area contributed by atoms with Crippen molar-refractivity contribution in [3.63, 3.8) is 0 Å². The third-order valence-corrected chi connectivity index (χ3v) is 7.15. The summed E-state index contributed by atoms with van der Waals surface area (Å²) in [6.45, 7) is 6.97. The summed E-state index contributed by atoms with van der Waals surface area (Å²) in [6, 6.07) is 8.38. The van der Waals surface area contributed by atoms with Crippen LogP contribution in [-0.2, 0) is 16.6 Å². The first kappa shape index (κ1) is 20.5. The van der Waals surface area contributed by atoms with Crippen molar-refractivity contribution in [2.24, 2.45) is 0 Å². The molecule has 0 amide bonds. The highest BCUT2D eigenvalue weighted by Gasteiger charge is 2.21. The summed E-state index contributed by atoms with van der Waals surface area (Å²) in [5.41, 5.74) is 1.81. The highest BCUT2D eigenvalue weighted by atomic mass is 32.2. The summed E-state index contributed by atoms with van der Waals surface area (Å²) in [6.07, 6.45) is 0. The van der Waals surface area contributed by atoms with Gasteiger partial charge in [0.25, 0.3) is 0 Å². The van der Waals surface area contributed by atoms with Crippen molar-refractivity contribution < 1.29 is 13.3 Å². The molecule has 0 saturated carbocycles. The molecular formula is C17H23N3O4S2. The number of nitro groups is 1. The molecule has 0 bridgehead atoms. The zero-order valence-electron chi connectivity index (χ0n) is 15.0. The fourth-order valence-corrected chi connectivity index (χ4v) is 4.77. The van der Waals surface area contributed by atoms with Crippen LogP contribution in [0.2, 0.25) is 0 Å². The van der Waals surface area contributed by atoms with Crippen LogP contribution in [0.25, 0.3) is 0 Å². The molecule has 1 N–H and O–H groups in total. The van der Waals surface area contributed by atoms with Crippen LogP contribution in [-0.4, -0.2) is 30.7 Å². The van der Waals surface area contributed by atoms with Gasteiger partial charge in [-0.15, -0.1) is 0 Å². The lowest BCUT2D eigenvalue weighted by Gasteiger charge is -2.19. The molecule has 0 saturated heterocycles. The van der Waals surface area contributed by atoms with Crippen LogP contribution in [0.5, 0.6) is 0 Å². The van der Waals surface area contributed by atoms with Gasteiger partial charge in [-0.2, -0.15) is 4.31 Å².